The summed E-state index contributed by atoms with van der Waals surface area (Å²) in [5.74, 6) is -0.403. The smallest absolute Gasteiger partial charge is 0.387 e. The van der Waals surface area contributed by atoms with E-state index in [4.69, 9.17) is 4.74 Å². The summed E-state index contributed by atoms with van der Waals surface area (Å²) in [6, 6.07) is 9.31. The van der Waals surface area contributed by atoms with Gasteiger partial charge in [-0.05, 0) is 37.3 Å². The van der Waals surface area contributed by atoms with Gasteiger partial charge in [0.1, 0.15) is 5.69 Å². The number of halogens is 2. The molecule has 0 aliphatic carbocycles. The van der Waals surface area contributed by atoms with Crippen molar-refractivity contribution in [1.29, 1.82) is 0 Å². The van der Waals surface area contributed by atoms with Crippen LogP contribution in [0.15, 0.2) is 47.7 Å². The molecule has 0 unspecified atom stereocenters. The van der Waals surface area contributed by atoms with Gasteiger partial charge in [-0.25, -0.2) is 5.43 Å². The quantitative estimate of drug-likeness (QED) is 0.651. The third kappa shape index (κ3) is 4.48. The predicted molar refractivity (Wildman–Crippen MR) is 83.5 cm³/mol. The minimum Gasteiger partial charge on any atom is -0.493 e. The molecule has 1 aromatic carbocycles. The van der Waals surface area contributed by atoms with Gasteiger partial charge in [0.15, 0.2) is 11.5 Å². The van der Waals surface area contributed by atoms with Gasteiger partial charge in [-0.2, -0.15) is 13.9 Å². The zero-order valence-electron chi connectivity index (χ0n) is 13.0. The number of pyridine rings is 1. The second-order valence-corrected chi connectivity index (χ2v) is 4.60. The first-order valence-electron chi connectivity index (χ1n) is 6.90. The predicted octanol–water partition coefficient (Wildman–Crippen LogP) is 2.85. The molecular weight excluding hydrogens is 320 g/mol. The average Bonchev–Trinajstić information content (AvgIpc) is 2.60. The molecule has 2 aromatic rings. The van der Waals surface area contributed by atoms with Gasteiger partial charge in [-0.1, -0.05) is 6.07 Å². The Morgan fingerprint density at radius 1 is 1.25 bits per heavy atom. The number of ether oxygens (including phenoxy) is 2. The van der Waals surface area contributed by atoms with E-state index in [9.17, 15) is 13.6 Å². The molecule has 0 atom stereocenters. The number of rotatable bonds is 6. The van der Waals surface area contributed by atoms with Crippen LogP contribution in [0, 0.1) is 0 Å². The highest BCUT2D eigenvalue weighted by Crippen LogP contribution is 2.29. The fraction of sp³-hybridized carbons (Fsp3) is 0.188. The minimum atomic E-state index is -2.95. The SMILES string of the molecule is COc1cc(/C(C)=N\NC(=O)c2ccccn2)ccc1OC(F)F. The molecular formula is C16H15F2N3O3. The van der Waals surface area contributed by atoms with Gasteiger partial charge >= 0.3 is 6.61 Å². The lowest BCUT2D eigenvalue weighted by molar-refractivity contribution is -0.0512. The Hall–Kier alpha value is -3.03. The molecule has 0 aliphatic rings. The standard InChI is InChI=1S/C16H15F2N3O3/c1-10(20-21-15(22)12-5-3-4-8-19-12)11-6-7-13(24-16(17)18)14(9-11)23-2/h3-9,16H,1-2H3,(H,21,22)/b20-10-. The number of nitrogens with one attached hydrogen (secondary N) is 1. The number of hydrogen-bond donors (Lipinski definition) is 1. The molecule has 8 heteroatoms. The molecule has 0 radical (unpaired) electrons. The van der Waals surface area contributed by atoms with Gasteiger partial charge in [0, 0.05) is 11.8 Å². The Morgan fingerprint density at radius 2 is 2.04 bits per heavy atom. The summed E-state index contributed by atoms with van der Waals surface area (Å²) >= 11 is 0. The van der Waals surface area contributed by atoms with Crippen LogP contribution in [-0.2, 0) is 0 Å². The van der Waals surface area contributed by atoms with Gasteiger partial charge in [-0.15, -0.1) is 0 Å². The maximum atomic E-state index is 12.3. The fourth-order valence-corrected chi connectivity index (χ4v) is 1.84. The molecule has 1 heterocycles. The van der Waals surface area contributed by atoms with E-state index in [2.05, 4.69) is 20.2 Å². The topological polar surface area (TPSA) is 72.8 Å². The number of hydrogen-bond acceptors (Lipinski definition) is 5. The summed E-state index contributed by atoms with van der Waals surface area (Å²) in [6.07, 6.45) is 1.50. The number of amides is 1. The third-order valence-electron chi connectivity index (χ3n) is 3.02. The van der Waals surface area contributed by atoms with Crippen LogP contribution in [0.4, 0.5) is 8.78 Å². The van der Waals surface area contributed by atoms with Gasteiger partial charge in [0.2, 0.25) is 0 Å². The van der Waals surface area contributed by atoms with Crippen LogP contribution in [0.1, 0.15) is 23.0 Å². The molecule has 0 fully saturated rings. The third-order valence-corrected chi connectivity index (χ3v) is 3.02. The molecule has 0 saturated heterocycles. The van der Waals surface area contributed by atoms with Crippen LogP contribution < -0.4 is 14.9 Å². The highest BCUT2D eigenvalue weighted by molar-refractivity contribution is 6.00. The Morgan fingerprint density at radius 3 is 2.67 bits per heavy atom. The summed E-state index contributed by atoms with van der Waals surface area (Å²) in [5, 5.41) is 3.97. The fourth-order valence-electron chi connectivity index (χ4n) is 1.84. The van der Waals surface area contributed by atoms with Gasteiger partial charge in [0.05, 0.1) is 12.8 Å². The Balaban J connectivity index is 2.14. The zero-order chi connectivity index (χ0) is 17.5. The van der Waals surface area contributed by atoms with E-state index in [1.165, 1.54) is 31.5 Å². The Bertz CT molecular complexity index is 737. The molecule has 1 aromatic heterocycles. The normalized spacial score (nSPS) is 11.3. The molecule has 2 rings (SSSR count). The lowest BCUT2D eigenvalue weighted by atomic mass is 10.1. The van der Waals surface area contributed by atoms with Crippen molar-refractivity contribution < 1.29 is 23.0 Å². The number of benzene rings is 1. The van der Waals surface area contributed by atoms with Crippen LogP contribution in [0.5, 0.6) is 11.5 Å². The Kier molecular flexibility index (Phi) is 5.78. The molecule has 1 amide bonds. The van der Waals surface area contributed by atoms with Crippen LogP contribution in [0.3, 0.4) is 0 Å². The number of aromatic nitrogens is 1. The number of carbonyl (C=O) groups is 1. The van der Waals surface area contributed by atoms with Crippen molar-refractivity contribution >= 4 is 11.6 Å². The maximum absolute atomic E-state index is 12.3. The lowest BCUT2D eigenvalue weighted by Crippen LogP contribution is -2.20. The van der Waals surface area contributed by atoms with Crippen molar-refractivity contribution in [3.05, 3.63) is 53.9 Å². The molecule has 24 heavy (non-hydrogen) atoms. The highest BCUT2D eigenvalue weighted by Gasteiger charge is 2.12. The van der Waals surface area contributed by atoms with Crippen molar-refractivity contribution in [2.75, 3.05) is 7.11 Å². The first-order valence-corrected chi connectivity index (χ1v) is 6.90. The van der Waals surface area contributed by atoms with E-state index < -0.39 is 12.5 Å². The molecule has 0 aliphatic heterocycles. The van der Waals surface area contributed by atoms with E-state index in [0.29, 0.717) is 11.3 Å². The summed E-state index contributed by atoms with van der Waals surface area (Å²) in [4.78, 5) is 15.8. The molecule has 6 nitrogen and oxygen atoms in total. The van der Waals surface area contributed by atoms with Crippen LogP contribution >= 0.6 is 0 Å². The van der Waals surface area contributed by atoms with E-state index >= 15 is 0 Å². The second-order valence-electron chi connectivity index (χ2n) is 4.60. The highest BCUT2D eigenvalue weighted by atomic mass is 19.3. The Labute approximate surface area is 137 Å². The van der Waals surface area contributed by atoms with E-state index in [0.717, 1.165) is 0 Å². The van der Waals surface area contributed by atoms with E-state index in [-0.39, 0.29) is 17.2 Å². The summed E-state index contributed by atoms with van der Waals surface area (Å²) in [6.45, 7) is -1.29. The van der Waals surface area contributed by atoms with Crippen molar-refractivity contribution in [1.82, 2.24) is 10.4 Å². The number of methoxy groups -OCH3 is 1. The number of hydrazone groups is 1. The number of alkyl halides is 2. The van der Waals surface area contributed by atoms with Crippen molar-refractivity contribution in [3.8, 4) is 11.5 Å². The van der Waals surface area contributed by atoms with Gasteiger partial charge < -0.3 is 9.47 Å². The summed E-state index contributed by atoms with van der Waals surface area (Å²) in [7, 11) is 1.34. The van der Waals surface area contributed by atoms with Crippen LogP contribution in [-0.4, -0.2) is 30.3 Å². The van der Waals surface area contributed by atoms with Crippen LogP contribution in [0.25, 0.3) is 0 Å². The monoisotopic (exact) mass is 335 g/mol. The summed E-state index contributed by atoms with van der Waals surface area (Å²) in [5.41, 5.74) is 3.64. The maximum Gasteiger partial charge on any atom is 0.387 e. The van der Waals surface area contributed by atoms with Crippen molar-refractivity contribution in [2.24, 2.45) is 5.10 Å². The molecule has 0 spiro atoms. The zero-order valence-corrected chi connectivity index (χ0v) is 13.0. The first-order chi connectivity index (χ1) is 11.5. The largest absolute Gasteiger partial charge is 0.493 e. The molecule has 0 bridgehead atoms. The molecule has 126 valence electrons. The first kappa shape index (κ1) is 17.3. The second kappa shape index (κ2) is 8.00. The number of carbonyl (C=O) groups excluding carboxylic acids is 1. The van der Waals surface area contributed by atoms with E-state index in [1.807, 2.05) is 0 Å². The van der Waals surface area contributed by atoms with Crippen molar-refractivity contribution in [2.45, 2.75) is 13.5 Å². The number of nitrogens with zero attached hydrogens (tertiary/aromatic N) is 2. The minimum absolute atomic E-state index is 0.0819. The average molecular weight is 335 g/mol. The summed E-state index contributed by atoms with van der Waals surface area (Å²) < 4.78 is 34.0. The molecule has 0 saturated carbocycles. The van der Waals surface area contributed by atoms with E-state index in [1.54, 1.807) is 25.1 Å². The lowest BCUT2D eigenvalue weighted by Gasteiger charge is -2.11. The van der Waals surface area contributed by atoms with Crippen LogP contribution in [0.2, 0.25) is 0 Å². The van der Waals surface area contributed by atoms with Gasteiger partial charge in [-0.3, -0.25) is 9.78 Å². The van der Waals surface area contributed by atoms with Gasteiger partial charge in [0.25, 0.3) is 5.91 Å². The molecule has 1 N–H and O–H groups in total. The van der Waals surface area contributed by atoms with Crippen molar-refractivity contribution in [3.63, 3.8) is 0 Å².